The molecule has 1 aromatic rings. The second-order valence-electron chi connectivity index (χ2n) is 4.53. The van der Waals surface area contributed by atoms with Crippen LogP contribution in [0.5, 0.6) is 0 Å². The molecule has 3 heteroatoms. The van der Waals surface area contributed by atoms with Gasteiger partial charge in [0.25, 0.3) is 0 Å². The molecule has 0 saturated heterocycles. The van der Waals surface area contributed by atoms with Gasteiger partial charge in [0, 0.05) is 0 Å². The molecule has 1 aromatic carbocycles. The monoisotopic (exact) mass is 228 g/mol. The van der Waals surface area contributed by atoms with E-state index in [-0.39, 0.29) is 0 Å². The van der Waals surface area contributed by atoms with Gasteiger partial charge in [0.2, 0.25) is 0 Å². The van der Waals surface area contributed by atoms with Crippen LogP contribution in [-0.2, 0) is 6.42 Å². The van der Waals surface area contributed by atoms with E-state index in [1.165, 1.54) is 6.07 Å². The van der Waals surface area contributed by atoms with E-state index < -0.39 is 17.7 Å². The first-order valence-corrected chi connectivity index (χ1v) is 5.61. The summed E-state index contributed by atoms with van der Waals surface area (Å²) >= 11 is 0. The van der Waals surface area contributed by atoms with E-state index in [1.807, 2.05) is 13.8 Å². The number of hydrogen-bond donors (Lipinski definition) is 1. The fourth-order valence-electron chi connectivity index (χ4n) is 1.73. The predicted molar refractivity (Wildman–Crippen MR) is 60.1 cm³/mol. The Kier molecular flexibility index (Phi) is 4.87. The maximum atomic E-state index is 13.3. The van der Waals surface area contributed by atoms with E-state index in [9.17, 15) is 13.9 Å². The molecule has 1 N–H and O–H groups in total. The summed E-state index contributed by atoms with van der Waals surface area (Å²) in [7, 11) is 0. The number of halogens is 2. The normalized spacial score (nSPS) is 13.1. The predicted octanol–water partition coefficient (Wildman–Crippen LogP) is 3.30. The molecule has 90 valence electrons. The summed E-state index contributed by atoms with van der Waals surface area (Å²) in [5, 5.41) is 9.62. The maximum Gasteiger partial charge on any atom is 0.162 e. The van der Waals surface area contributed by atoms with Crippen LogP contribution >= 0.6 is 0 Å². The van der Waals surface area contributed by atoms with Crippen molar-refractivity contribution in [3.05, 3.63) is 35.4 Å². The molecule has 0 aromatic heterocycles. The van der Waals surface area contributed by atoms with Gasteiger partial charge in [0.15, 0.2) is 11.6 Å². The number of rotatable bonds is 5. The molecule has 0 spiro atoms. The Morgan fingerprint density at radius 3 is 2.56 bits per heavy atom. The van der Waals surface area contributed by atoms with Crippen LogP contribution in [0.1, 0.15) is 32.3 Å². The van der Waals surface area contributed by atoms with Crippen molar-refractivity contribution in [1.82, 2.24) is 0 Å². The summed E-state index contributed by atoms with van der Waals surface area (Å²) < 4.78 is 26.1. The summed E-state index contributed by atoms with van der Waals surface area (Å²) in [5.74, 6) is -1.21. The number of aliphatic hydroxyl groups excluding tert-OH is 1. The van der Waals surface area contributed by atoms with Gasteiger partial charge >= 0.3 is 0 Å². The molecule has 0 heterocycles. The molecule has 0 saturated carbocycles. The molecular weight excluding hydrogens is 210 g/mol. The molecule has 1 nitrogen and oxygen atoms in total. The third-order valence-electron chi connectivity index (χ3n) is 2.52. The summed E-state index contributed by atoms with van der Waals surface area (Å²) in [6, 6.07) is 4.15. The Morgan fingerprint density at radius 1 is 1.25 bits per heavy atom. The van der Waals surface area contributed by atoms with E-state index >= 15 is 0 Å². The van der Waals surface area contributed by atoms with Crippen LogP contribution in [0.2, 0.25) is 0 Å². The average molecular weight is 228 g/mol. The van der Waals surface area contributed by atoms with Gasteiger partial charge in [0.05, 0.1) is 6.10 Å². The highest BCUT2D eigenvalue weighted by Gasteiger charge is 2.11. The van der Waals surface area contributed by atoms with Crippen molar-refractivity contribution < 1.29 is 13.9 Å². The zero-order chi connectivity index (χ0) is 12.1. The molecule has 1 unspecified atom stereocenters. The van der Waals surface area contributed by atoms with Gasteiger partial charge in [-0.3, -0.25) is 0 Å². The molecule has 16 heavy (non-hydrogen) atoms. The van der Waals surface area contributed by atoms with Crippen LogP contribution in [-0.4, -0.2) is 11.2 Å². The first-order chi connectivity index (χ1) is 7.50. The standard InChI is InChI=1S/C13H18F2O/c1-9(2)8-11(16)7-6-10-4-3-5-12(14)13(10)15/h3-5,9,11,16H,6-8H2,1-2H3. The van der Waals surface area contributed by atoms with E-state index in [1.54, 1.807) is 6.07 Å². The molecule has 1 atom stereocenters. The highest BCUT2D eigenvalue weighted by Crippen LogP contribution is 2.16. The minimum atomic E-state index is -0.823. The Morgan fingerprint density at radius 2 is 1.94 bits per heavy atom. The lowest BCUT2D eigenvalue weighted by Gasteiger charge is -2.13. The lowest BCUT2D eigenvalue weighted by Crippen LogP contribution is -2.11. The quantitative estimate of drug-likeness (QED) is 0.819. The van der Waals surface area contributed by atoms with Crippen molar-refractivity contribution in [2.75, 3.05) is 0 Å². The third-order valence-corrected chi connectivity index (χ3v) is 2.52. The minimum absolute atomic E-state index is 0.336. The zero-order valence-corrected chi connectivity index (χ0v) is 9.71. The van der Waals surface area contributed by atoms with Crippen molar-refractivity contribution in [2.24, 2.45) is 5.92 Å². The SMILES string of the molecule is CC(C)CC(O)CCc1cccc(F)c1F. The fourth-order valence-corrected chi connectivity index (χ4v) is 1.73. The molecule has 0 bridgehead atoms. The second-order valence-corrected chi connectivity index (χ2v) is 4.53. The molecule has 1 rings (SSSR count). The van der Waals surface area contributed by atoms with Crippen molar-refractivity contribution in [1.29, 1.82) is 0 Å². The Balaban J connectivity index is 2.51. The van der Waals surface area contributed by atoms with E-state index in [0.717, 1.165) is 6.07 Å². The zero-order valence-electron chi connectivity index (χ0n) is 9.71. The smallest absolute Gasteiger partial charge is 0.162 e. The molecular formula is C13H18F2O. The lowest BCUT2D eigenvalue weighted by molar-refractivity contribution is 0.139. The first kappa shape index (κ1) is 13.1. The number of aliphatic hydroxyl groups is 1. The van der Waals surface area contributed by atoms with Crippen LogP contribution in [0.4, 0.5) is 8.78 Å². The van der Waals surface area contributed by atoms with Crippen molar-refractivity contribution in [3.8, 4) is 0 Å². The summed E-state index contributed by atoms with van der Waals surface area (Å²) in [6.45, 7) is 4.04. The van der Waals surface area contributed by atoms with E-state index in [0.29, 0.717) is 30.7 Å². The van der Waals surface area contributed by atoms with Crippen LogP contribution in [0.25, 0.3) is 0 Å². The molecule has 0 aliphatic carbocycles. The Labute approximate surface area is 95.1 Å². The number of hydrogen-bond acceptors (Lipinski definition) is 1. The van der Waals surface area contributed by atoms with Crippen LogP contribution < -0.4 is 0 Å². The second kappa shape index (κ2) is 5.94. The first-order valence-electron chi connectivity index (χ1n) is 5.61. The van der Waals surface area contributed by atoms with Crippen molar-refractivity contribution in [2.45, 2.75) is 39.2 Å². The Hall–Kier alpha value is -0.960. The number of aryl methyl sites for hydroxylation is 1. The van der Waals surface area contributed by atoms with Gasteiger partial charge < -0.3 is 5.11 Å². The van der Waals surface area contributed by atoms with Gasteiger partial charge in [-0.2, -0.15) is 0 Å². The van der Waals surface area contributed by atoms with Gasteiger partial charge in [-0.1, -0.05) is 26.0 Å². The average Bonchev–Trinajstić information content (AvgIpc) is 2.19. The molecule has 0 aliphatic rings. The summed E-state index contributed by atoms with van der Waals surface area (Å²) in [6.07, 6.45) is 1.09. The van der Waals surface area contributed by atoms with Crippen molar-refractivity contribution in [3.63, 3.8) is 0 Å². The Bertz CT molecular complexity index is 337. The highest BCUT2D eigenvalue weighted by molar-refractivity contribution is 5.19. The number of benzene rings is 1. The third kappa shape index (κ3) is 3.89. The lowest BCUT2D eigenvalue weighted by atomic mass is 9.99. The van der Waals surface area contributed by atoms with Gasteiger partial charge in [0.1, 0.15) is 0 Å². The van der Waals surface area contributed by atoms with Crippen molar-refractivity contribution >= 4 is 0 Å². The van der Waals surface area contributed by atoms with Gasteiger partial charge in [-0.25, -0.2) is 8.78 Å². The van der Waals surface area contributed by atoms with E-state index in [2.05, 4.69) is 0 Å². The van der Waals surface area contributed by atoms with Crippen LogP contribution in [0.3, 0.4) is 0 Å². The summed E-state index contributed by atoms with van der Waals surface area (Å²) in [4.78, 5) is 0. The summed E-state index contributed by atoms with van der Waals surface area (Å²) in [5.41, 5.74) is 0.336. The minimum Gasteiger partial charge on any atom is -0.393 e. The highest BCUT2D eigenvalue weighted by atomic mass is 19.2. The fraction of sp³-hybridized carbons (Fsp3) is 0.538. The molecule has 0 radical (unpaired) electrons. The molecule has 0 fully saturated rings. The van der Waals surface area contributed by atoms with Crippen LogP contribution in [0.15, 0.2) is 18.2 Å². The largest absolute Gasteiger partial charge is 0.393 e. The maximum absolute atomic E-state index is 13.3. The molecule has 0 amide bonds. The van der Waals surface area contributed by atoms with Crippen LogP contribution in [0, 0.1) is 17.6 Å². The molecule has 0 aliphatic heterocycles. The topological polar surface area (TPSA) is 20.2 Å². The van der Waals surface area contributed by atoms with Gasteiger partial charge in [-0.15, -0.1) is 0 Å². The van der Waals surface area contributed by atoms with E-state index in [4.69, 9.17) is 0 Å². The van der Waals surface area contributed by atoms with Gasteiger partial charge in [-0.05, 0) is 36.8 Å².